The number of hydrogen-bond donors (Lipinski definition) is 1. The highest BCUT2D eigenvalue weighted by molar-refractivity contribution is 5.94. The van der Waals surface area contributed by atoms with E-state index in [0.717, 1.165) is 63.4 Å². The third-order valence-corrected chi connectivity index (χ3v) is 6.73. The summed E-state index contributed by atoms with van der Waals surface area (Å²) in [5, 5.41) is 9.26. The number of hydrogen-bond acceptors (Lipinski definition) is 5. The van der Waals surface area contributed by atoms with Crippen molar-refractivity contribution in [2.75, 3.05) is 6.79 Å². The molecular formula is C26H27NO4. The molecule has 3 aromatic rings. The van der Waals surface area contributed by atoms with E-state index in [2.05, 4.69) is 11.9 Å². The van der Waals surface area contributed by atoms with Gasteiger partial charge in [-0.2, -0.15) is 0 Å². The van der Waals surface area contributed by atoms with E-state index in [1.165, 1.54) is 0 Å². The summed E-state index contributed by atoms with van der Waals surface area (Å²) >= 11 is 0. The summed E-state index contributed by atoms with van der Waals surface area (Å²) in [7, 11) is 0. The van der Waals surface area contributed by atoms with Crippen LogP contribution in [0.5, 0.6) is 11.5 Å². The summed E-state index contributed by atoms with van der Waals surface area (Å²) in [4.78, 5) is 18.0. The normalized spacial score (nSPS) is 15.7. The number of carbonyl (C=O) groups is 1. The molecule has 160 valence electrons. The second kappa shape index (κ2) is 7.50. The van der Waals surface area contributed by atoms with Gasteiger partial charge in [0.1, 0.15) is 5.78 Å². The van der Waals surface area contributed by atoms with Crippen molar-refractivity contribution in [2.24, 2.45) is 0 Å². The summed E-state index contributed by atoms with van der Waals surface area (Å²) in [6.07, 6.45) is 3.90. The van der Waals surface area contributed by atoms with Crippen LogP contribution in [-0.2, 0) is 23.2 Å². The van der Waals surface area contributed by atoms with Crippen LogP contribution >= 0.6 is 0 Å². The van der Waals surface area contributed by atoms with Gasteiger partial charge in [-0.05, 0) is 66.6 Å². The number of aliphatic hydroxyl groups is 1. The molecule has 2 aliphatic rings. The Morgan fingerprint density at radius 2 is 1.81 bits per heavy atom. The first-order chi connectivity index (χ1) is 15.0. The number of nitrogens with zero attached hydrogens (tertiary/aromatic N) is 1. The second-order valence-electron chi connectivity index (χ2n) is 8.47. The van der Waals surface area contributed by atoms with Crippen molar-refractivity contribution in [1.29, 1.82) is 0 Å². The lowest BCUT2D eigenvalue weighted by molar-refractivity contribution is -0.120. The maximum absolute atomic E-state index is 13.4. The predicted octanol–water partition coefficient (Wildman–Crippen LogP) is 4.68. The van der Waals surface area contributed by atoms with Crippen LogP contribution in [0.3, 0.4) is 0 Å². The van der Waals surface area contributed by atoms with Crippen molar-refractivity contribution in [1.82, 2.24) is 4.98 Å². The van der Waals surface area contributed by atoms with Crippen LogP contribution in [0, 0.1) is 13.8 Å². The Morgan fingerprint density at radius 1 is 1.06 bits per heavy atom. The van der Waals surface area contributed by atoms with Gasteiger partial charge in [-0.25, -0.2) is 0 Å². The van der Waals surface area contributed by atoms with Crippen LogP contribution in [0.25, 0.3) is 11.1 Å². The minimum atomic E-state index is -0.429. The van der Waals surface area contributed by atoms with E-state index in [9.17, 15) is 9.90 Å². The first kappa shape index (κ1) is 19.8. The van der Waals surface area contributed by atoms with Crippen molar-refractivity contribution >= 4 is 5.78 Å². The minimum absolute atomic E-state index is 0. The number of ether oxygens (including phenoxy) is 2. The van der Waals surface area contributed by atoms with E-state index in [4.69, 9.17) is 9.47 Å². The molecule has 2 aromatic carbocycles. The van der Waals surface area contributed by atoms with Gasteiger partial charge in [0, 0.05) is 19.6 Å². The molecule has 0 bridgehead atoms. The van der Waals surface area contributed by atoms with E-state index >= 15 is 0 Å². The average Bonchev–Trinajstić information content (AvgIpc) is 3.48. The Morgan fingerprint density at radius 3 is 2.52 bits per heavy atom. The lowest BCUT2D eigenvalue weighted by Crippen LogP contribution is -2.23. The van der Waals surface area contributed by atoms with E-state index in [1.807, 2.05) is 55.6 Å². The van der Waals surface area contributed by atoms with E-state index in [0.29, 0.717) is 6.42 Å². The van der Waals surface area contributed by atoms with Gasteiger partial charge in [-0.15, -0.1) is 0 Å². The molecule has 0 amide bonds. The monoisotopic (exact) mass is 417 g/mol. The minimum Gasteiger partial charge on any atom is -0.454 e. The quantitative estimate of drug-likeness (QED) is 0.631. The summed E-state index contributed by atoms with van der Waals surface area (Å²) < 4.78 is 10.9. The van der Waals surface area contributed by atoms with Crippen molar-refractivity contribution in [3.05, 3.63) is 76.6 Å². The number of ketones is 1. The number of pyridine rings is 1. The lowest BCUT2D eigenvalue weighted by atomic mass is 9.87. The fourth-order valence-corrected chi connectivity index (χ4v) is 4.38. The Hall–Kier alpha value is -3.18. The molecule has 0 unspecified atom stereocenters. The number of benzene rings is 2. The van der Waals surface area contributed by atoms with Crippen LogP contribution in [0.2, 0.25) is 0 Å². The Labute approximate surface area is 183 Å². The molecule has 1 aliphatic carbocycles. The van der Waals surface area contributed by atoms with Crippen LogP contribution in [-0.4, -0.2) is 22.7 Å². The van der Waals surface area contributed by atoms with E-state index < -0.39 is 5.41 Å². The highest BCUT2D eigenvalue weighted by Crippen LogP contribution is 2.51. The largest absolute Gasteiger partial charge is 0.454 e. The number of fused-ring (bicyclic) bond motifs is 1. The maximum Gasteiger partial charge on any atom is 0.231 e. The molecule has 5 heteroatoms. The van der Waals surface area contributed by atoms with Gasteiger partial charge in [-0.1, -0.05) is 30.3 Å². The first-order valence-electron chi connectivity index (χ1n) is 10.6. The molecule has 0 spiro atoms. The van der Waals surface area contributed by atoms with Crippen LogP contribution in [0.4, 0.5) is 0 Å². The predicted molar refractivity (Wildman–Crippen MR) is 119 cm³/mol. The Balaban J connectivity index is 0.00000245. The van der Waals surface area contributed by atoms with E-state index in [-0.39, 0.29) is 20.6 Å². The average molecular weight is 418 g/mol. The van der Waals surface area contributed by atoms with Crippen molar-refractivity contribution in [2.45, 2.75) is 45.1 Å². The molecule has 0 atom stereocenters. The number of aliphatic hydroxyl groups excluding tert-OH is 1. The van der Waals surface area contributed by atoms with Gasteiger partial charge < -0.3 is 14.6 Å². The summed E-state index contributed by atoms with van der Waals surface area (Å²) in [6.45, 7) is 4.38. The number of carbonyl (C=O) groups excluding carboxylic acids is 1. The van der Waals surface area contributed by atoms with Crippen LogP contribution in [0.15, 0.2) is 48.7 Å². The standard InChI is InChI=1S/C26H25NO4.H2/c1-16-17(2)22(27-13-21(16)19-5-3-18(14-28)4-6-19)12-25(29)26(9-10-26)20-7-8-23-24(11-20)31-15-30-23;/h3-8,11,13,28H,9-10,12,14-15H2,1-2H3;1H. The highest BCUT2D eigenvalue weighted by Gasteiger charge is 2.51. The molecule has 1 aromatic heterocycles. The summed E-state index contributed by atoms with van der Waals surface area (Å²) in [5.74, 6) is 1.67. The van der Waals surface area contributed by atoms with Gasteiger partial charge in [0.15, 0.2) is 11.5 Å². The SMILES string of the molecule is Cc1c(-c2ccc(CO)cc2)cnc(CC(=O)C2(c3ccc4c(c3)OCO4)CC2)c1C.[HH]. The molecule has 2 heterocycles. The highest BCUT2D eigenvalue weighted by atomic mass is 16.7. The molecule has 1 N–H and O–H groups in total. The zero-order valence-electron chi connectivity index (χ0n) is 17.8. The first-order valence-corrected chi connectivity index (χ1v) is 10.6. The third-order valence-electron chi connectivity index (χ3n) is 6.73. The van der Waals surface area contributed by atoms with Crippen molar-refractivity contribution in [3.8, 4) is 22.6 Å². The zero-order valence-corrected chi connectivity index (χ0v) is 17.8. The molecule has 1 aliphatic heterocycles. The van der Waals surface area contributed by atoms with E-state index in [1.54, 1.807) is 0 Å². The summed E-state index contributed by atoms with van der Waals surface area (Å²) in [6, 6.07) is 13.7. The lowest BCUT2D eigenvalue weighted by Gasteiger charge is -2.17. The topological polar surface area (TPSA) is 68.7 Å². The molecule has 5 rings (SSSR count). The fraction of sp³-hybridized carbons (Fsp3) is 0.308. The van der Waals surface area contributed by atoms with Gasteiger partial charge in [0.25, 0.3) is 0 Å². The van der Waals surface area contributed by atoms with Crippen LogP contribution in [0.1, 0.15) is 42.2 Å². The van der Waals surface area contributed by atoms with Gasteiger partial charge in [0.05, 0.1) is 17.7 Å². The van der Waals surface area contributed by atoms with Gasteiger partial charge in [0.2, 0.25) is 6.79 Å². The van der Waals surface area contributed by atoms with Crippen molar-refractivity contribution < 1.29 is 20.8 Å². The molecular weight excluding hydrogens is 390 g/mol. The molecule has 0 radical (unpaired) electrons. The van der Waals surface area contributed by atoms with Gasteiger partial charge >= 0.3 is 0 Å². The van der Waals surface area contributed by atoms with Gasteiger partial charge in [-0.3, -0.25) is 9.78 Å². The number of rotatable bonds is 6. The third kappa shape index (κ3) is 3.39. The fourth-order valence-electron chi connectivity index (χ4n) is 4.38. The number of Topliss-reactive ketones (excluding diaryl/α,β-unsaturated/α-hetero) is 1. The Kier molecular flexibility index (Phi) is 4.78. The molecule has 1 fully saturated rings. The molecule has 0 saturated heterocycles. The maximum atomic E-state index is 13.4. The molecule has 5 nitrogen and oxygen atoms in total. The van der Waals surface area contributed by atoms with Crippen LogP contribution < -0.4 is 9.47 Å². The zero-order chi connectivity index (χ0) is 21.6. The smallest absolute Gasteiger partial charge is 0.231 e. The number of aromatic nitrogens is 1. The second-order valence-corrected chi connectivity index (χ2v) is 8.47. The van der Waals surface area contributed by atoms with Crippen molar-refractivity contribution in [3.63, 3.8) is 0 Å². The molecule has 31 heavy (non-hydrogen) atoms. The molecule has 1 saturated carbocycles. The Bertz CT molecular complexity index is 1170. The summed E-state index contributed by atoms with van der Waals surface area (Å²) in [5.41, 5.74) is 6.59.